The second-order valence-electron chi connectivity index (χ2n) is 6.18. The molecule has 0 saturated carbocycles. The number of hydrogen-bond acceptors (Lipinski definition) is 3. The average Bonchev–Trinajstić information content (AvgIpc) is 2.35. The minimum Gasteiger partial charge on any atom is -0.303 e. The van der Waals surface area contributed by atoms with Crippen molar-refractivity contribution in [1.29, 1.82) is 5.26 Å². The third-order valence-electron chi connectivity index (χ3n) is 3.99. The van der Waals surface area contributed by atoms with Gasteiger partial charge >= 0.3 is 0 Å². The van der Waals surface area contributed by atoms with Crippen LogP contribution in [0.4, 0.5) is 0 Å². The fourth-order valence-corrected chi connectivity index (χ4v) is 2.52. The number of piperidine rings is 1. The maximum absolute atomic E-state index is 11.3. The van der Waals surface area contributed by atoms with E-state index in [1.165, 1.54) is 0 Å². The molecule has 3 heteroatoms. The van der Waals surface area contributed by atoms with Crippen LogP contribution in [0, 0.1) is 22.7 Å². The van der Waals surface area contributed by atoms with Crippen LogP contribution in [0.1, 0.15) is 52.9 Å². The normalized spacial score (nSPS) is 18.6. The first-order chi connectivity index (χ1) is 8.44. The molecule has 0 aromatic carbocycles. The minimum absolute atomic E-state index is 0.179. The molecule has 0 aromatic rings. The molecule has 18 heavy (non-hydrogen) atoms. The molecule has 1 heterocycles. The molecule has 1 rings (SSSR count). The maximum atomic E-state index is 11.3. The van der Waals surface area contributed by atoms with Crippen LogP contribution < -0.4 is 0 Å². The Morgan fingerprint density at radius 2 is 1.94 bits per heavy atom. The van der Waals surface area contributed by atoms with Crippen molar-refractivity contribution in [2.24, 2.45) is 11.3 Å². The van der Waals surface area contributed by atoms with E-state index >= 15 is 0 Å². The number of hydrogen-bond donors (Lipinski definition) is 0. The number of Topliss-reactive ketones (excluding diaryl/α,β-unsaturated/α-hetero) is 1. The van der Waals surface area contributed by atoms with Crippen LogP contribution in [0.2, 0.25) is 0 Å². The summed E-state index contributed by atoms with van der Waals surface area (Å²) >= 11 is 0. The molecule has 0 aliphatic carbocycles. The fourth-order valence-electron chi connectivity index (χ4n) is 2.52. The van der Waals surface area contributed by atoms with Gasteiger partial charge in [-0.1, -0.05) is 6.42 Å². The summed E-state index contributed by atoms with van der Waals surface area (Å²) < 4.78 is 0. The maximum Gasteiger partial charge on any atom is 0.133 e. The van der Waals surface area contributed by atoms with E-state index in [1.807, 2.05) is 13.8 Å². The van der Waals surface area contributed by atoms with Crippen LogP contribution in [0.15, 0.2) is 0 Å². The molecule has 0 spiro atoms. The van der Waals surface area contributed by atoms with Crippen molar-refractivity contribution in [3.63, 3.8) is 0 Å². The van der Waals surface area contributed by atoms with E-state index in [1.54, 1.807) is 6.92 Å². The topological polar surface area (TPSA) is 44.1 Å². The van der Waals surface area contributed by atoms with Crippen LogP contribution >= 0.6 is 0 Å². The molecule has 0 radical (unpaired) electrons. The highest BCUT2D eigenvalue weighted by molar-refractivity contribution is 5.78. The van der Waals surface area contributed by atoms with Crippen molar-refractivity contribution in [3.8, 4) is 6.07 Å². The van der Waals surface area contributed by atoms with Gasteiger partial charge in [-0.3, -0.25) is 4.79 Å². The molecule has 0 amide bonds. The molecule has 0 aromatic heterocycles. The third kappa shape index (κ3) is 5.18. The summed E-state index contributed by atoms with van der Waals surface area (Å²) in [5, 5.41) is 8.93. The first-order valence-corrected chi connectivity index (χ1v) is 7.09. The van der Waals surface area contributed by atoms with E-state index in [-0.39, 0.29) is 5.41 Å². The number of rotatable bonds is 6. The molecule has 1 aliphatic heterocycles. The van der Waals surface area contributed by atoms with E-state index in [0.29, 0.717) is 11.7 Å². The van der Waals surface area contributed by atoms with Crippen molar-refractivity contribution in [2.45, 2.75) is 52.9 Å². The Hall–Kier alpha value is -0.880. The Balaban J connectivity index is 2.12. The van der Waals surface area contributed by atoms with Gasteiger partial charge in [0.15, 0.2) is 0 Å². The summed E-state index contributed by atoms with van der Waals surface area (Å²) in [4.78, 5) is 13.7. The van der Waals surface area contributed by atoms with E-state index in [4.69, 9.17) is 5.26 Å². The number of ketones is 1. The highest BCUT2D eigenvalue weighted by Crippen LogP contribution is 2.22. The summed E-state index contributed by atoms with van der Waals surface area (Å²) in [6.07, 6.45) is 5.31. The van der Waals surface area contributed by atoms with Crippen LogP contribution in [0.5, 0.6) is 0 Å². The Labute approximate surface area is 111 Å². The Bertz CT molecular complexity index is 309. The molecular formula is C15H26N2O. The molecule has 1 aliphatic rings. The Kier molecular flexibility index (Phi) is 5.81. The number of nitrogens with zero attached hydrogens (tertiary/aromatic N) is 2. The predicted molar refractivity (Wildman–Crippen MR) is 73.1 cm³/mol. The van der Waals surface area contributed by atoms with Crippen molar-refractivity contribution in [2.75, 3.05) is 19.6 Å². The van der Waals surface area contributed by atoms with E-state index in [2.05, 4.69) is 11.0 Å². The lowest BCUT2D eigenvalue weighted by Gasteiger charge is -2.30. The number of carbonyl (C=O) groups is 1. The molecule has 0 bridgehead atoms. The van der Waals surface area contributed by atoms with Crippen molar-refractivity contribution >= 4 is 5.78 Å². The van der Waals surface area contributed by atoms with Crippen LogP contribution in [0.3, 0.4) is 0 Å². The Morgan fingerprint density at radius 3 is 2.44 bits per heavy atom. The van der Waals surface area contributed by atoms with Gasteiger partial charge in [0.1, 0.15) is 5.78 Å². The third-order valence-corrected chi connectivity index (χ3v) is 3.99. The summed E-state index contributed by atoms with van der Waals surface area (Å²) in [5.74, 6) is 0.657. The van der Waals surface area contributed by atoms with Gasteiger partial charge in [-0.25, -0.2) is 0 Å². The average molecular weight is 250 g/mol. The minimum atomic E-state index is -0.179. The SMILES string of the molecule is CC(=O)C1CCN(CCCCC(C)(C)C#N)CC1. The monoisotopic (exact) mass is 250 g/mol. The number of carbonyl (C=O) groups excluding carboxylic acids is 1. The lowest BCUT2D eigenvalue weighted by atomic mass is 9.89. The lowest BCUT2D eigenvalue weighted by molar-refractivity contribution is -0.122. The van der Waals surface area contributed by atoms with E-state index < -0.39 is 0 Å². The van der Waals surface area contributed by atoms with Gasteiger partial charge in [0.05, 0.1) is 11.5 Å². The van der Waals surface area contributed by atoms with Crippen molar-refractivity contribution < 1.29 is 4.79 Å². The molecule has 1 saturated heterocycles. The van der Waals surface area contributed by atoms with Gasteiger partial charge in [0, 0.05) is 5.92 Å². The molecule has 0 unspecified atom stereocenters. The fraction of sp³-hybridized carbons (Fsp3) is 0.867. The van der Waals surface area contributed by atoms with Gasteiger partial charge in [-0.2, -0.15) is 5.26 Å². The zero-order valence-electron chi connectivity index (χ0n) is 12.0. The van der Waals surface area contributed by atoms with Gasteiger partial charge in [-0.05, 0) is 66.1 Å². The zero-order valence-corrected chi connectivity index (χ0v) is 12.0. The number of likely N-dealkylation sites (tertiary alicyclic amines) is 1. The van der Waals surface area contributed by atoms with Gasteiger partial charge in [-0.15, -0.1) is 0 Å². The summed E-state index contributed by atoms with van der Waals surface area (Å²) in [5.41, 5.74) is -0.179. The molecule has 0 N–H and O–H groups in total. The first kappa shape index (κ1) is 15.2. The van der Waals surface area contributed by atoms with Crippen LogP contribution in [-0.2, 0) is 4.79 Å². The standard InChI is InChI=1S/C15H26N2O/c1-13(18)14-6-10-17(11-7-14)9-5-4-8-15(2,3)12-16/h14H,4-11H2,1-3H3. The summed E-state index contributed by atoms with van der Waals surface area (Å²) in [7, 11) is 0. The predicted octanol–water partition coefficient (Wildman–Crippen LogP) is 3.01. The zero-order chi connectivity index (χ0) is 13.6. The summed E-state index contributed by atoms with van der Waals surface area (Å²) in [6.45, 7) is 8.96. The molecule has 1 fully saturated rings. The van der Waals surface area contributed by atoms with Gasteiger partial charge in [0.2, 0.25) is 0 Å². The number of nitriles is 1. The highest BCUT2D eigenvalue weighted by Gasteiger charge is 2.22. The Morgan fingerprint density at radius 1 is 1.33 bits per heavy atom. The molecule has 102 valence electrons. The molecular weight excluding hydrogens is 224 g/mol. The first-order valence-electron chi connectivity index (χ1n) is 7.09. The second kappa shape index (κ2) is 6.89. The smallest absolute Gasteiger partial charge is 0.133 e. The quantitative estimate of drug-likeness (QED) is 0.681. The summed E-state index contributed by atoms with van der Waals surface area (Å²) in [6, 6.07) is 2.35. The van der Waals surface area contributed by atoms with Gasteiger partial charge in [0.25, 0.3) is 0 Å². The van der Waals surface area contributed by atoms with Crippen molar-refractivity contribution in [3.05, 3.63) is 0 Å². The lowest BCUT2D eigenvalue weighted by Crippen LogP contribution is -2.36. The number of unbranched alkanes of at least 4 members (excludes halogenated alkanes) is 1. The largest absolute Gasteiger partial charge is 0.303 e. The van der Waals surface area contributed by atoms with E-state index in [0.717, 1.165) is 51.7 Å². The molecule has 0 atom stereocenters. The van der Waals surface area contributed by atoms with Crippen molar-refractivity contribution in [1.82, 2.24) is 4.90 Å². The highest BCUT2D eigenvalue weighted by atomic mass is 16.1. The molecule has 3 nitrogen and oxygen atoms in total. The van der Waals surface area contributed by atoms with Gasteiger partial charge < -0.3 is 4.90 Å². The van der Waals surface area contributed by atoms with Crippen LogP contribution in [-0.4, -0.2) is 30.3 Å². The van der Waals surface area contributed by atoms with E-state index in [9.17, 15) is 4.79 Å². The van der Waals surface area contributed by atoms with Crippen LogP contribution in [0.25, 0.3) is 0 Å². The second-order valence-corrected chi connectivity index (χ2v) is 6.18.